The molecule has 0 amide bonds. The largest absolute Gasteiger partial charge is 0.496 e. The van der Waals surface area contributed by atoms with Gasteiger partial charge in [0.05, 0.1) is 14.2 Å². The van der Waals surface area contributed by atoms with E-state index >= 15 is 0 Å². The average Bonchev–Trinajstić information content (AvgIpc) is 2.72. The predicted octanol–water partition coefficient (Wildman–Crippen LogP) is 5.46. The maximum Gasteiger partial charge on any atom is 0.167 e. The molecular formula is C24H24O4. The van der Waals surface area contributed by atoms with Crippen LogP contribution in [-0.4, -0.2) is 20.0 Å². The highest BCUT2D eigenvalue weighted by molar-refractivity contribution is 6.00. The van der Waals surface area contributed by atoms with Gasteiger partial charge in [0.25, 0.3) is 0 Å². The van der Waals surface area contributed by atoms with Crippen molar-refractivity contribution >= 4 is 5.78 Å². The molecule has 0 N–H and O–H groups in total. The third-order valence-corrected chi connectivity index (χ3v) is 4.58. The van der Waals surface area contributed by atoms with Crippen molar-refractivity contribution in [3.8, 4) is 28.4 Å². The molecule has 0 fully saturated rings. The standard InChI is InChI=1S/C24H24O4/c1-16-5-9-19(10-6-16)20-11-7-18(8-12-20)15-28-23-14-21(26-3)13-22(27-4)24(23)17(2)25/h5-14H,15H2,1-4H3. The molecule has 0 unspecified atom stereocenters. The predicted molar refractivity (Wildman–Crippen MR) is 110 cm³/mol. The number of carbonyl (C=O) groups excluding carboxylic acids is 1. The Morgan fingerprint density at radius 3 is 1.93 bits per heavy atom. The van der Waals surface area contributed by atoms with E-state index < -0.39 is 0 Å². The second-order valence-corrected chi connectivity index (χ2v) is 6.61. The van der Waals surface area contributed by atoms with Crippen LogP contribution in [0.15, 0.2) is 60.7 Å². The maximum absolute atomic E-state index is 12.1. The molecule has 0 aliphatic rings. The highest BCUT2D eigenvalue weighted by atomic mass is 16.5. The molecule has 0 atom stereocenters. The maximum atomic E-state index is 12.1. The van der Waals surface area contributed by atoms with Gasteiger partial charge in [-0.2, -0.15) is 0 Å². The van der Waals surface area contributed by atoms with E-state index in [1.807, 2.05) is 12.1 Å². The van der Waals surface area contributed by atoms with E-state index in [2.05, 4.69) is 43.3 Å². The van der Waals surface area contributed by atoms with E-state index in [-0.39, 0.29) is 5.78 Å². The fourth-order valence-electron chi connectivity index (χ4n) is 3.01. The summed E-state index contributed by atoms with van der Waals surface area (Å²) in [5, 5.41) is 0. The van der Waals surface area contributed by atoms with Crippen LogP contribution >= 0.6 is 0 Å². The van der Waals surface area contributed by atoms with Gasteiger partial charge >= 0.3 is 0 Å². The first kappa shape index (κ1) is 19.5. The van der Waals surface area contributed by atoms with Gasteiger partial charge in [-0.15, -0.1) is 0 Å². The molecule has 0 saturated carbocycles. The normalized spacial score (nSPS) is 10.4. The fraction of sp³-hybridized carbons (Fsp3) is 0.208. The third kappa shape index (κ3) is 4.34. The van der Waals surface area contributed by atoms with Crippen LogP contribution in [-0.2, 0) is 6.61 Å². The second-order valence-electron chi connectivity index (χ2n) is 6.61. The van der Waals surface area contributed by atoms with Gasteiger partial charge < -0.3 is 14.2 Å². The minimum atomic E-state index is -0.121. The van der Waals surface area contributed by atoms with E-state index in [0.29, 0.717) is 29.4 Å². The van der Waals surface area contributed by atoms with Crippen LogP contribution in [0.4, 0.5) is 0 Å². The van der Waals surface area contributed by atoms with Gasteiger partial charge in [-0.05, 0) is 30.5 Å². The van der Waals surface area contributed by atoms with Crippen LogP contribution in [0.5, 0.6) is 17.2 Å². The molecule has 3 aromatic rings. The first-order chi connectivity index (χ1) is 13.5. The number of rotatable bonds is 7. The Labute approximate surface area is 165 Å². The summed E-state index contributed by atoms with van der Waals surface area (Å²) >= 11 is 0. The van der Waals surface area contributed by atoms with E-state index in [0.717, 1.165) is 11.1 Å². The van der Waals surface area contributed by atoms with Crippen LogP contribution in [0.1, 0.15) is 28.4 Å². The third-order valence-electron chi connectivity index (χ3n) is 4.58. The molecule has 3 aromatic carbocycles. The number of Topliss-reactive ketones (excluding diaryl/α,β-unsaturated/α-hetero) is 1. The van der Waals surface area contributed by atoms with Crippen molar-refractivity contribution in [3.05, 3.63) is 77.4 Å². The van der Waals surface area contributed by atoms with Crippen LogP contribution < -0.4 is 14.2 Å². The molecule has 0 saturated heterocycles. The molecule has 0 spiro atoms. The zero-order chi connectivity index (χ0) is 20.1. The van der Waals surface area contributed by atoms with Gasteiger partial charge in [0.15, 0.2) is 5.78 Å². The highest BCUT2D eigenvalue weighted by Gasteiger charge is 2.17. The van der Waals surface area contributed by atoms with Gasteiger partial charge in [-0.25, -0.2) is 0 Å². The minimum Gasteiger partial charge on any atom is -0.496 e. The summed E-state index contributed by atoms with van der Waals surface area (Å²) in [4.78, 5) is 12.1. The van der Waals surface area contributed by atoms with E-state index in [1.54, 1.807) is 19.2 Å². The summed E-state index contributed by atoms with van der Waals surface area (Å²) in [6.07, 6.45) is 0. The highest BCUT2D eigenvalue weighted by Crippen LogP contribution is 2.35. The molecule has 0 radical (unpaired) electrons. The molecule has 0 heterocycles. The van der Waals surface area contributed by atoms with Crippen molar-refractivity contribution in [2.45, 2.75) is 20.5 Å². The smallest absolute Gasteiger partial charge is 0.167 e. The fourth-order valence-corrected chi connectivity index (χ4v) is 3.01. The molecule has 28 heavy (non-hydrogen) atoms. The number of hydrogen-bond acceptors (Lipinski definition) is 4. The van der Waals surface area contributed by atoms with Crippen molar-refractivity contribution in [3.63, 3.8) is 0 Å². The Kier molecular flexibility index (Phi) is 5.99. The Hall–Kier alpha value is -3.27. The number of methoxy groups -OCH3 is 2. The molecule has 4 nitrogen and oxygen atoms in total. The monoisotopic (exact) mass is 376 g/mol. The number of hydrogen-bond donors (Lipinski definition) is 0. The van der Waals surface area contributed by atoms with Crippen LogP contribution in [0.2, 0.25) is 0 Å². The minimum absolute atomic E-state index is 0.121. The number of benzene rings is 3. The lowest BCUT2D eigenvalue weighted by atomic mass is 10.0. The summed E-state index contributed by atoms with van der Waals surface area (Å²) in [5.74, 6) is 1.35. The van der Waals surface area contributed by atoms with Crippen LogP contribution in [0.25, 0.3) is 11.1 Å². The Balaban J connectivity index is 1.80. The lowest BCUT2D eigenvalue weighted by molar-refractivity contribution is 0.101. The lowest BCUT2D eigenvalue weighted by Gasteiger charge is -2.15. The van der Waals surface area contributed by atoms with Gasteiger partial charge in [0.2, 0.25) is 0 Å². The van der Waals surface area contributed by atoms with Gasteiger partial charge in [-0.1, -0.05) is 54.1 Å². The Bertz CT molecular complexity index is 957. The molecular weight excluding hydrogens is 352 g/mol. The van der Waals surface area contributed by atoms with Crippen molar-refractivity contribution in [2.24, 2.45) is 0 Å². The first-order valence-corrected chi connectivity index (χ1v) is 9.07. The SMILES string of the molecule is COc1cc(OC)c(C(C)=O)c(OCc2ccc(-c3ccc(C)cc3)cc2)c1. The second kappa shape index (κ2) is 8.61. The molecule has 0 aliphatic heterocycles. The number of ketones is 1. The van der Waals surface area contributed by atoms with Crippen molar-refractivity contribution < 1.29 is 19.0 Å². The van der Waals surface area contributed by atoms with Crippen LogP contribution in [0, 0.1) is 6.92 Å². The summed E-state index contributed by atoms with van der Waals surface area (Å²) in [7, 11) is 3.09. The van der Waals surface area contributed by atoms with E-state index in [1.165, 1.54) is 25.2 Å². The molecule has 3 rings (SSSR count). The summed E-state index contributed by atoms with van der Waals surface area (Å²) in [6.45, 7) is 3.91. The number of carbonyl (C=O) groups is 1. The van der Waals surface area contributed by atoms with Crippen molar-refractivity contribution in [2.75, 3.05) is 14.2 Å². The molecule has 0 aromatic heterocycles. The molecule has 0 aliphatic carbocycles. The van der Waals surface area contributed by atoms with Gasteiger partial charge in [-0.3, -0.25) is 4.79 Å². The topological polar surface area (TPSA) is 44.8 Å². The summed E-state index contributed by atoms with van der Waals surface area (Å²) in [6, 6.07) is 20.0. The summed E-state index contributed by atoms with van der Waals surface area (Å²) in [5.41, 5.74) is 4.99. The van der Waals surface area contributed by atoms with Crippen LogP contribution in [0.3, 0.4) is 0 Å². The quantitative estimate of drug-likeness (QED) is 0.514. The molecule has 0 bridgehead atoms. The zero-order valence-corrected chi connectivity index (χ0v) is 16.6. The van der Waals surface area contributed by atoms with Gasteiger partial charge in [0.1, 0.15) is 29.4 Å². The Morgan fingerprint density at radius 1 is 0.821 bits per heavy atom. The number of aryl methyl sites for hydroxylation is 1. The van der Waals surface area contributed by atoms with Crippen molar-refractivity contribution in [1.82, 2.24) is 0 Å². The Morgan fingerprint density at radius 2 is 1.39 bits per heavy atom. The summed E-state index contributed by atoms with van der Waals surface area (Å²) < 4.78 is 16.6. The van der Waals surface area contributed by atoms with Gasteiger partial charge in [0, 0.05) is 12.1 Å². The van der Waals surface area contributed by atoms with E-state index in [9.17, 15) is 4.79 Å². The average molecular weight is 376 g/mol. The lowest BCUT2D eigenvalue weighted by Crippen LogP contribution is -2.05. The molecule has 144 valence electrons. The van der Waals surface area contributed by atoms with Crippen molar-refractivity contribution in [1.29, 1.82) is 0 Å². The number of ether oxygens (including phenoxy) is 3. The first-order valence-electron chi connectivity index (χ1n) is 9.07. The molecule has 4 heteroatoms. The zero-order valence-electron chi connectivity index (χ0n) is 16.6. The van der Waals surface area contributed by atoms with E-state index in [4.69, 9.17) is 14.2 Å².